The van der Waals surface area contributed by atoms with E-state index in [1.807, 2.05) is 11.8 Å². The molecule has 0 aliphatic carbocycles. The number of nitrogens with zero attached hydrogens (tertiary/aromatic N) is 1. The van der Waals surface area contributed by atoms with E-state index < -0.39 is 9.84 Å². The fraction of sp³-hybridized carbons (Fsp3) is 0.909. The van der Waals surface area contributed by atoms with Gasteiger partial charge >= 0.3 is 0 Å². The standard InChI is InChI=1S/C11H22N2O3S2.ClH/c1-9(8-18(3,15)16)13(2)11(14)6-10-7-17-5-4-12-10;/h9-10,12H,4-8H2,1-3H3;1H. The number of carbonyl (C=O) groups excluding carboxylic acids is 1. The molecule has 19 heavy (non-hydrogen) atoms. The van der Waals surface area contributed by atoms with E-state index in [-0.39, 0.29) is 36.2 Å². The Morgan fingerprint density at radius 1 is 1.53 bits per heavy atom. The molecule has 1 saturated heterocycles. The zero-order chi connectivity index (χ0) is 13.8. The highest BCUT2D eigenvalue weighted by molar-refractivity contribution is 7.99. The van der Waals surface area contributed by atoms with Gasteiger partial charge in [-0.1, -0.05) is 0 Å². The van der Waals surface area contributed by atoms with Crippen LogP contribution in [0.4, 0.5) is 0 Å². The molecular weight excluding hydrogens is 308 g/mol. The first-order valence-corrected chi connectivity index (χ1v) is 9.25. The van der Waals surface area contributed by atoms with Gasteiger partial charge in [0.05, 0.1) is 5.75 Å². The van der Waals surface area contributed by atoms with Gasteiger partial charge < -0.3 is 10.2 Å². The lowest BCUT2D eigenvalue weighted by atomic mass is 10.2. The molecule has 2 atom stereocenters. The first kappa shape index (κ1) is 19.0. The van der Waals surface area contributed by atoms with Gasteiger partial charge in [0, 0.05) is 49.9 Å². The molecule has 114 valence electrons. The van der Waals surface area contributed by atoms with Crippen LogP contribution in [0.25, 0.3) is 0 Å². The average Bonchev–Trinajstić information content (AvgIpc) is 2.27. The van der Waals surface area contributed by atoms with Crippen molar-refractivity contribution in [1.82, 2.24) is 10.2 Å². The molecule has 1 N–H and O–H groups in total. The molecule has 0 aromatic heterocycles. The van der Waals surface area contributed by atoms with Gasteiger partial charge in [-0.25, -0.2) is 8.42 Å². The Labute approximate surface area is 126 Å². The van der Waals surface area contributed by atoms with Gasteiger partial charge in [0.1, 0.15) is 9.84 Å². The highest BCUT2D eigenvalue weighted by Gasteiger charge is 2.23. The molecule has 0 aromatic carbocycles. The minimum atomic E-state index is -3.05. The Kier molecular flexibility index (Phi) is 8.35. The number of halogens is 1. The minimum Gasteiger partial charge on any atom is -0.342 e. The number of sulfone groups is 1. The Bertz CT molecular complexity index is 383. The second kappa shape index (κ2) is 8.34. The van der Waals surface area contributed by atoms with E-state index >= 15 is 0 Å². The van der Waals surface area contributed by atoms with Crippen LogP contribution >= 0.6 is 24.2 Å². The number of amides is 1. The fourth-order valence-corrected chi connectivity index (χ4v) is 3.95. The van der Waals surface area contributed by atoms with E-state index in [2.05, 4.69) is 5.32 Å². The number of thioether (sulfide) groups is 1. The van der Waals surface area contributed by atoms with Crippen LogP contribution in [0, 0.1) is 0 Å². The Balaban J connectivity index is 0.00000324. The van der Waals surface area contributed by atoms with Gasteiger partial charge in [0.15, 0.2) is 0 Å². The lowest BCUT2D eigenvalue weighted by Gasteiger charge is -2.28. The molecular formula is C11H23ClN2O3S2. The minimum absolute atomic E-state index is 0. The Hall–Kier alpha value is 0.0200. The van der Waals surface area contributed by atoms with Gasteiger partial charge in [0.2, 0.25) is 5.91 Å². The van der Waals surface area contributed by atoms with Crippen molar-refractivity contribution in [2.75, 3.05) is 37.1 Å². The highest BCUT2D eigenvalue weighted by Crippen LogP contribution is 2.12. The molecule has 0 bridgehead atoms. The van der Waals surface area contributed by atoms with Crippen molar-refractivity contribution < 1.29 is 13.2 Å². The predicted octanol–water partition coefficient (Wildman–Crippen LogP) is 0.395. The highest BCUT2D eigenvalue weighted by atomic mass is 35.5. The molecule has 0 aromatic rings. The topological polar surface area (TPSA) is 66.5 Å². The summed E-state index contributed by atoms with van der Waals surface area (Å²) in [6.45, 7) is 2.70. The normalized spacial score (nSPS) is 21.3. The third-order valence-electron chi connectivity index (χ3n) is 3.02. The Morgan fingerprint density at radius 2 is 2.16 bits per heavy atom. The summed E-state index contributed by atoms with van der Waals surface area (Å²) in [5, 5.41) is 3.31. The number of rotatable bonds is 5. The van der Waals surface area contributed by atoms with Crippen LogP contribution in [0.3, 0.4) is 0 Å². The summed E-state index contributed by atoms with van der Waals surface area (Å²) in [5.41, 5.74) is 0. The van der Waals surface area contributed by atoms with Crippen LogP contribution in [0.2, 0.25) is 0 Å². The van der Waals surface area contributed by atoms with Crippen molar-refractivity contribution >= 4 is 39.9 Å². The van der Waals surface area contributed by atoms with Crippen molar-refractivity contribution in [3.05, 3.63) is 0 Å². The average molecular weight is 331 g/mol. The summed E-state index contributed by atoms with van der Waals surface area (Å²) in [7, 11) is -1.37. The second-order valence-electron chi connectivity index (χ2n) is 4.88. The van der Waals surface area contributed by atoms with Crippen molar-refractivity contribution in [2.24, 2.45) is 0 Å². The summed E-state index contributed by atoms with van der Waals surface area (Å²) in [5.74, 6) is 2.05. The smallest absolute Gasteiger partial charge is 0.224 e. The summed E-state index contributed by atoms with van der Waals surface area (Å²) >= 11 is 1.85. The van der Waals surface area contributed by atoms with Crippen LogP contribution in [0.1, 0.15) is 13.3 Å². The van der Waals surface area contributed by atoms with Gasteiger partial charge in [-0.2, -0.15) is 11.8 Å². The van der Waals surface area contributed by atoms with Crippen LogP contribution in [0.5, 0.6) is 0 Å². The lowest BCUT2D eigenvalue weighted by molar-refractivity contribution is -0.131. The second-order valence-corrected chi connectivity index (χ2v) is 8.21. The van der Waals surface area contributed by atoms with E-state index in [0.717, 1.165) is 18.1 Å². The van der Waals surface area contributed by atoms with Gasteiger partial charge in [-0.15, -0.1) is 12.4 Å². The van der Waals surface area contributed by atoms with Crippen molar-refractivity contribution in [3.8, 4) is 0 Å². The maximum atomic E-state index is 12.0. The summed E-state index contributed by atoms with van der Waals surface area (Å²) in [4.78, 5) is 13.6. The van der Waals surface area contributed by atoms with Crippen LogP contribution in [0.15, 0.2) is 0 Å². The van der Waals surface area contributed by atoms with Gasteiger partial charge in [0.25, 0.3) is 0 Å². The van der Waals surface area contributed by atoms with Crippen LogP contribution in [-0.4, -0.2) is 68.4 Å². The maximum Gasteiger partial charge on any atom is 0.224 e. The summed E-state index contributed by atoms with van der Waals surface area (Å²) < 4.78 is 22.4. The molecule has 1 rings (SSSR count). The SMILES string of the molecule is CC(CS(C)(=O)=O)N(C)C(=O)CC1CSCCN1.Cl. The largest absolute Gasteiger partial charge is 0.342 e. The molecule has 8 heteroatoms. The van der Waals surface area contributed by atoms with Crippen LogP contribution in [-0.2, 0) is 14.6 Å². The van der Waals surface area contributed by atoms with Crippen molar-refractivity contribution in [2.45, 2.75) is 25.4 Å². The lowest BCUT2D eigenvalue weighted by Crippen LogP contribution is -2.45. The quantitative estimate of drug-likeness (QED) is 0.790. The van der Waals surface area contributed by atoms with Gasteiger partial charge in [-0.05, 0) is 6.92 Å². The third-order valence-corrected chi connectivity index (χ3v) is 5.24. The first-order valence-electron chi connectivity index (χ1n) is 6.04. The van der Waals surface area contributed by atoms with Crippen molar-refractivity contribution in [1.29, 1.82) is 0 Å². The molecule has 1 heterocycles. The molecule has 1 aliphatic rings. The molecule has 0 saturated carbocycles. The van der Waals surface area contributed by atoms with E-state index in [1.54, 1.807) is 18.9 Å². The van der Waals surface area contributed by atoms with Gasteiger partial charge in [-0.3, -0.25) is 4.79 Å². The molecule has 0 radical (unpaired) electrons. The zero-order valence-corrected chi connectivity index (χ0v) is 14.0. The van der Waals surface area contributed by atoms with E-state index in [4.69, 9.17) is 0 Å². The van der Waals surface area contributed by atoms with Crippen LogP contribution < -0.4 is 5.32 Å². The molecule has 1 amide bonds. The molecule has 0 spiro atoms. The van der Waals surface area contributed by atoms with E-state index in [1.165, 1.54) is 6.26 Å². The number of carbonyl (C=O) groups is 1. The molecule has 1 fully saturated rings. The zero-order valence-electron chi connectivity index (χ0n) is 11.6. The summed E-state index contributed by atoms with van der Waals surface area (Å²) in [6.07, 6.45) is 1.64. The molecule has 2 unspecified atom stereocenters. The fourth-order valence-electron chi connectivity index (χ4n) is 1.90. The predicted molar refractivity (Wildman–Crippen MR) is 82.9 cm³/mol. The third kappa shape index (κ3) is 7.39. The molecule has 1 aliphatic heterocycles. The maximum absolute atomic E-state index is 12.0. The number of hydrogen-bond donors (Lipinski definition) is 1. The number of nitrogens with one attached hydrogen (secondary N) is 1. The monoisotopic (exact) mass is 330 g/mol. The summed E-state index contributed by atoms with van der Waals surface area (Å²) in [6, 6.07) is -0.0622. The van der Waals surface area contributed by atoms with Crippen molar-refractivity contribution in [3.63, 3.8) is 0 Å². The Morgan fingerprint density at radius 3 is 2.63 bits per heavy atom. The number of hydrogen-bond acceptors (Lipinski definition) is 5. The van der Waals surface area contributed by atoms with E-state index in [0.29, 0.717) is 6.42 Å². The van der Waals surface area contributed by atoms with E-state index in [9.17, 15) is 13.2 Å². The molecule has 5 nitrogen and oxygen atoms in total. The first-order chi connectivity index (χ1) is 8.29.